The molecular weight excluding hydrogens is 587 g/mol. The van der Waals surface area contributed by atoms with Crippen LogP contribution in [0.1, 0.15) is 57.2 Å². The van der Waals surface area contributed by atoms with E-state index in [2.05, 4.69) is 42.4 Å². The Morgan fingerprint density at radius 2 is 2.08 bits per heavy atom. The summed E-state index contributed by atoms with van der Waals surface area (Å²) in [6, 6.07) is 8.28. The van der Waals surface area contributed by atoms with Gasteiger partial charge in [0, 0.05) is 24.8 Å². The number of nitriles is 1. The van der Waals surface area contributed by atoms with Gasteiger partial charge in [-0.25, -0.2) is 9.97 Å². The van der Waals surface area contributed by atoms with Gasteiger partial charge in [-0.2, -0.15) is 10.4 Å². The van der Waals surface area contributed by atoms with Gasteiger partial charge in [-0.1, -0.05) is 0 Å². The zero-order valence-corrected chi connectivity index (χ0v) is 22.5. The predicted octanol–water partition coefficient (Wildman–Crippen LogP) is 4.48. The van der Waals surface area contributed by atoms with Crippen molar-refractivity contribution in [3.63, 3.8) is 0 Å². The number of hydrogen-bond donors (Lipinski definition) is 2. The molecule has 1 aliphatic carbocycles. The van der Waals surface area contributed by atoms with Crippen LogP contribution >= 0.6 is 31.0 Å². The number of aromatic nitrogens is 6. The molecule has 182 valence electrons. The second-order valence-electron chi connectivity index (χ2n) is 8.83. The van der Waals surface area contributed by atoms with Crippen molar-refractivity contribution >= 4 is 48.1 Å². The standard InChI is InChI=1S/C25H22N8O.HIS/c1-16-4-5-31-15-28-22(23(31)6-16)10-27-25(34)20-9-29-33(12-20)14-21-13-32-11-19(17-2-3-17)7-18(8-26)24(32)30-21;1-2/h4-7,9,11-13,15,17H,2-3,10,14H2,1H3,(H,27,34);2H. The third-order valence-electron chi connectivity index (χ3n) is 6.20. The molecule has 11 heteroatoms. The molecule has 0 aromatic carbocycles. The van der Waals surface area contributed by atoms with E-state index in [4.69, 9.17) is 0 Å². The summed E-state index contributed by atoms with van der Waals surface area (Å²) in [5.74, 6) is 0.342. The molecule has 9 nitrogen and oxygen atoms in total. The summed E-state index contributed by atoms with van der Waals surface area (Å²) < 4.78 is 5.54. The molecule has 5 aromatic heterocycles. The highest BCUT2D eigenvalue weighted by molar-refractivity contribution is 14.2. The van der Waals surface area contributed by atoms with E-state index in [1.807, 2.05) is 67.5 Å². The van der Waals surface area contributed by atoms with Gasteiger partial charge in [0.05, 0.1) is 53.6 Å². The van der Waals surface area contributed by atoms with Gasteiger partial charge in [-0.15, -0.1) is 9.80 Å². The number of amides is 1. The molecule has 0 unspecified atom stereocenters. The largest absolute Gasteiger partial charge is 0.346 e. The lowest BCUT2D eigenvalue weighted by molar-refractivity contribution is 0.0950. The van der Waals surface area contributed by atoms with Crippen LogP contribution < -0.4 is 5.32 Å². The van der Waals surface area contributed by atoms with Gasteiger partial charge in [0.15, 0.2) is 5.65 Å². The Bertz CT molecular complexity index is 1610. The Labute approximate surface area is 225 Å². The Morgan fingerprint density at radius 3 is 2.86 bits per heavy atom. The van der Waals surface area contributed by atoms with E-state index in [1.54, 1.807) is 23.4 Å². The van der Waals surface area contributed by atoms with Crippen molar-refractivity contribution < 1.29 is 4.79 Å². The van der Waals surface area contributed by atoms with E-state index in [1.165, 1.54) is 18.4 Å². The molecule has 0 bridgehead atoms. The minimum atomic E-state index is -0.212. The second kappa shape index (κ2) is 10.3. The predicted molar refractivity (Wildman–Crippen MR) is 147 cm³/mol. The maximum absolute atomic E-state index is 12.7. The van der Waals surface area contributed by atoms with Crippen LogP contribution in [0.2, 0.25) is 0 Å². The fourth-order valence-electron chi connectivity index (χ4n) is 4.25. The van der Waals surface area contributed by atoms with E-state index < -0.39 is 0 Å². The SMILES string of the molecule is Cc1ccn2cnc(CNC(=O)c3cnn(Cc4cn5cc(C6CC6)cc(C#N)c5n4)c3)c2c1.SI. The fraction of sp³-hybridized carbons (Fsp3) is 0.240. The minimum Gasteiger partial charge on any atom is -0.346 e. The number of nitrogens with zero attached hydrogens (tertiary/aromatic N) is 7. The molecular formula is C25H23IN8OS. The zero-order valence-electron chi connectivity index (χ0n) is 19.5. The first-order valence-corrected chi connectivity index (χ1v) is 14.6. The third-order valence-corrected chi connectivity index (χ3v) is 6.20. The van der Waals surface area contributed by atoms with E-state index in [0.29, 0.717) is 35.8 Å². The monoisotopic (exact) mass is 610 g/mol. The van der Waals surface area contributed by atoms with Gasteiger partial charge in [-0.05, 0) is 76.2 Å². The van der Waals surface area contributed by atoms with Gasteiger partial charge in [-0.3, -0.25) is 9.48 Å². The second-order valence-corrected chi connectivity index (χ2v) is 8.83. The number of aryl methyl sites for hydroxylation is 1. The lowest BCUT2D eigenvalue weighted by Crippen LogP contribution is -2.22. The van der Waals surface area contributed by atoms with Crippen molar-refractivity contribution in [2.75, 3.05) is 0 Å². The number of pyridine rings is 2. The first kappa shape index (κ1) is 24.3. The molecule has 5 heterocycles. The summed E-state index contributed by atoms with van der Waals surface area (Å²) in [6.45, 7) is 2.76. The first-order chi connectivity index (χ1) is 17.6. The number of nitrogens with one attached hydrogen (secondary N) is 1. The van der Waals surface area contributed by atoms with E-state index in [0.717, 1.165) is 22.5 Å². The fourth-order valence-corrected chi connectivity index (χ4v) is 4.25. The number of thiol groups is 1. The molecule has 0 radical (unpaired) electrons. The quantitative estimate of drug-likeness (QED) is 0.218. The summed E-state index contributed by atoms with van der Waals surface area (Å²) in [6.07, 6.45) is 13.3. The maximum atomic E-state index is 12.7. The van der Waals surface area contributed by atoms with E-state index in [9.17, 15) is 10.1 Å². The average molecular weight is 610 g/mol. The molecule has 6 rings (SSSR count). The number of halogens is 1. The number of rotatable bonds is 6. The van der Waals surface area contributed by atoms with Crippen molar-refractivity contribution in [2.24, 2.45) is 0 Å². The lowest BCUT2D eigenvalue weighted by Gasteiger charge is -2.03. The van der Waals surface area contributed by atoms with E-state index in [-0.39, 0.29) is 5.91 Å². The summed E-state index contributed by atoms with van der Waals surface area (Å²) in [4.78, 5) is 21.7. The van der Waals surface area contributed by atoms with Crippen LogP contribution in [0, 0.1) is 18.3 Å². The summed E-state index contributed by atoms with van der Waals surface area (Å²) >= 11 is 1.84. The summed E-state index contributed by atoms with van der Waals surface area (Å²) in [5, 5.41) is 16.8. The van der Waals surface area contributed by atoms with Crippen molar-refractivity contribution in [1.82, 2.24) is 33.9 Å². The molecule has 36 heavy (non-hydrogen) atoms. The number of imidazole rings is 2. The Balaban J connectivity index is 0.00000130. The first-order valence-electron chi connectivity index (χ1n) is 11.4. The molecule has 0 spiro atoms. The molecule has 1 fully saturated rings. The van der Waals surface area contributed by atoms with Crippen LogP contribution in [0.3, 0.4) is 0 Å². The van der Waals surface area contributed by atoms with Crippen molar-refractivity contribution in [3.05, 3.63) is 89.2 Å². The number of hydrogen-bond acceptors (Lipinski definition) is 6. The smallest absolute Gasteiger partial charge is 0.254 e. The van der Waals surface area contributed by atoms with Crippen LogP contribution in [0.25, 0.3) is 11.2 Å². The minimum absolute atomic E-state index is 0.212. The van der Waals surface area contributed by atoms with Crippen LogP contribution in [0.5, 0.6) is 0 Å². The number of carbonyl (C=O) groups is 1. The van der Waals surface area contributed by atoms with E-state index >= 15 is 0 Å². The molecule has 1 saturated carbocycles. The Hall–Kier alpha value is -3.37. The van der Waals surface area contributed by atoms with Crippen molar-refractivity contribution in [3.8, 4) is 6.07 Å². The lowest BCUT2D eigenvalue weighted by atomic mass is 10.1. The highest BCUT2D eigenvalue weighted by Crippen LogP contribution is 2.40. The molecule has 0 saturated heterocycles. The highest BCUT2D eigenvalue weighted by atomic mass is 127. The Morgan fingerprint density at radius 1 is 1.25 bits per heavy atom. The maximum Gasteiger partial charge on any atom is 0.254 e. The van der Waals surface area contributed by atoms with Crippen molar-refractivity contribution in [1.29, 1.82) is 5.26 Å². The van der Waals surface area contributed by atoms with Gasteiger partial charge >= 0.3 is 0 Å². The summed E-state index contributed by atoms with van der Waals surface area (Å²) in [7, 11) is 3.50. The van der Waals surface area contributed by atoms with Gasteiger partial charge < -0.3 is 14.1 Å². The van der Waals surface area contributed by atoms with Gasteiger partial charge in [0.1, 0.15) is 6.07 Å². The zero-order chi connectivity index (χ0) is 25.2. The molecule has 0 aliphatic heterocycles. The third kappa shape index (κ3) is 4.96. The Kier molecular flexibility index (Phi) is 6.97. The molecule has 1 aliphatic rings. The number of fused-ring (bicyclic) bond motifs is 2. The van der Waals surface area contributed by atoms with Crippen LogP contribution in [0.4, 0.5) is 0 Å². The highest BCUT2D eigenvalue weighted by Gasteiger charge is 2.25. The number of carbonyl (C=O) groups excluding carboxylic acids is 1. The van der Waals surface area contributed by atoms with Crippen LogP contribution in [-0.4, -0.2) is 34.5 Å². The van der Waals surface area contributed by atoms with Crippen LogP contribution in [0.15, 0.2) is 55.5 Å². The van der Waals surface area contributed by atoms with Crippen molar-refractivity contribution in [2.45, 2.75) is 38.8 Å². The molecule has 1 amide bonds. The average Bonchev–Trinajstić information content (AvgIpc) is 3.31. The molecule has 0 atom stereocenters. The summed E-state index contributed by atoms with van der Waals surface area (Å²) in [5.41, 5.74) is 6.59. The molecule has 5 aromatic rings. The van der Waals surface area contributed by atoms with Crippen LogP contribution in [-0.2, 0) is 13.1 Å². The molecule has 1 N–H and O–H groups in total. The normalized spacial score (nSPS) is 12.8. The van der Waals surface area contributed by atoms with Gasteiger partial charge in [0.2, 0.25) is 0 Å². The van der Waals surface area contributed by atoms with Gasteiger partial charge in [0.25, 0.3) is 5.91 Å². The topological polar surface area (TPSA) is 105 Å².